The zero-order chi connectivity index (χ0) is 21.6. The van der Waals surface area contributed by atoms with E-state index in [9.17, 15) is 0 Å². The van der Waals surface area contributed by atoms with Crippen molar-refractivity contribution in [3.05, 3.63) is 89.5 Å². The van der Waals surface area contributed by atoms with Crippen LogP contribution in [0.25, 0.3) is 0 Å². The van der Waals surface area contributed by atoms with Gasteiger partial charge in [0, 0.05) is 37.9 Å². The van der Waals surface area contributed by atoms with Crippen LogP contribution in [0, 0.1) is 6.92 Å². The molecular formula is C27H32N2O2. The van der Waals surface area contributed by atoms with Crippen LogP contribution in [0.15, 0.2) is 72.8 Å². The average Bonchev–Trinajstić information content (AvgIpc) is 2.84. The van der Waals surface area contributed by atoms with Gasteiger partial charge in [-0.25, -0.2) is 0 Å². The summed E-state index contributed by atoms with van der Waals surface area (Å²) in [6.45, 7) is 6.31. The van der Waals surface area contributed by atoms with Crippen LogP contribution in [0.2, 0.25) is 0 Å². The maximum Gasteiger partial charge on any atom is 0.160 e. The first-order chi connectivity index (χ1) is 15.2. The third-order valence-corrected chi connectivity index (χ3v) is 6.22. The Balaban J connectivity index is 1.55. The van der Waals surface area contributed by atoms with Gasteiger partial charge in [-0.1, -0.05) is 54.1 Å². The van der Waals surface area contributed by atoms with E-state index in [1.807, 2.05) is 6.07 Å². The fourth-order valence-corrected chi connectivity index (χ4v) is 4.41. The molecule has 162 valence electrons. The zero-order valence-electron chi connectivity index (χ0n) is 18.8. The smallest absolute Gasteiger partial charge is 0.160 e. The Kier molecular flexibility index (Phi) is 6.78. The number of methoxy groups -OCH3 is 2. The first-order valence-corrected chi connectivity index (χ1v) is 11.0. The summed E-state index contributed by atoms with van der Waals surface area (Å²) in [6.07, 6.45) is 0.939. The number of nitrogens with zero attached hydrogens (tertiary/aromatic N) is 2. The Hall–Kier alpha value is -2.98. The normalized spacial score (nSPS) is 15.5. The molecule has 1 fully saturated rings. The predicted molar refractivity (Wildman–Crippen MR) is 127 cm³/mol. The summed E-state index contributed by atoms with van der Waals surface area (Å²) >= 11 is 0. The maximum absolute atomic E-state index is 5.54. The highest BCUT2D eigenvalue weighted by atomic mass is 16.5. The monoisotopic (exact) mass is 416 g/mol. The maximum atomic E-state index is 5.54. The van der Waals surface area contributed by atoms with Gasteiger partial charge in [-0.2, -0.15) is 0 Å². The van der Waals surface area contributed by atoms with Gasteiger partial charge in [0.15, 0.2) is 11.5 Å². The van der Waals surface area contributed by atoms with Gasteiger partial charge in [0.2, 0.25) is 0 Å². The molecule has 1 saturated heterocycles. The fourth-order valence-electron chi connectivity index (χ4n) is 4.41. The van der Waals surface area contributed by atoms with Gasteiger partial charge >= 0.3 is 0 Å². The van der Waals surface area contributed by atoms with Crippen molar-refractivity contribution in [1.29, 1.82) is 0 Å². The van der Waals surface area contributed by atoms with Gasteiger partial charge in [0.05, 0.1) is 14.2 Å². The fraction of sp³-hybridized carbons (Fsp3) is 0.333. The topological polar surface area (TPSA) is 24.9 Å². The number of para-hydroxylation sites is 1. The first-order valence-electron chi connectivity index (χ1n) is 11.0. The summed E-state index contributed by atoms with van der Waals surface area (Å²) in [6, 6.07) is 26.3. The number of anilines is 1. The Bertz CT molecular complexity index is 964. The van der Waals surface area contributed by atoms with Crippen molar-refractivity contribution < 1.29 is 9.47 Å². The average molecular weight is 417 g/mol. The molecule has 4 nitrogen and oxygen atoms in total. The van der Waals surface area contributed by atoms with Crippen LogP contribution in [-0.2, 0) is 6.42 Å². The Morgan fingerprint density at radius 1 is 0.774 bits per heavy atom. The van der Waals surface area contributed by atoms with E-state index in [0.717, 1.165) is 44.1 Å². The molecule has 0 aliphatic carbocycles. The van der Waals surface area contributed by atoms with Crippen molar-refractivity contribution in [2.75, 3.05) is 45.3 Å². The molecule has 3 aromatic rings. The zero-order valence-corrected chi connectivity index (χ0v) is 18.8. The van der Waals surface area contributed by atoms with Crippen LogP contribution in [0.3, 0.4) is 0 Å². The second-order valence-electron chi connectivity index (χ2n) is 8.18. The number of rotatable bonds is 7. The highest BCUT2D eigenvalue weighted by Gasteiger charge is 2.26. The van der Waals surface area contributed by atoms with Crippen molar-refractivity contribution in [2.45, 2.75) is 19.4 Å². The standard InChI is InChI=1S/C27H32N2O2/c1-21-9-12-23(13-10-21)25(19-22-11-14-26(30-2)27(20-22)31-3)29-17-15-28(16-18-29)24-7-5-4-6-8-24/h4-14,20,25H,15-19H2,1-3H3/t25-/m0/s1. The molecule has 1 aliphatic heterocycles. The summed E-state index contributed by atoms with van der Waals surface area (Å²) in [4.78, 5) is 5.11. The lowest BCUT2D eigenvalue weighted by molar-refractivity contribution is 0.184. The van der Waals surface area contributed by atoms with E-state index in [1.165, 1.54) is 22.4 Å². The van der Waals surface area contributed by atoms with E-state index in [4.69, 9.17) is 9.47 Å². The minimum Gasteiger partial charge on any atom is -0.493 e. The molecule has 0 amide bonds. The molecule has 4 rings (SSSR count). The van der Waals surface area contributed by atoms with E-state index in [1.54, 1.807) is 14.2 Å². The second-order valence-corrected chi connectivity index (χ2v) is 8.18. The lowest BCUT2D eigenvalue weighted by Crippen LogP contribution is -2.48. The molecule has 31 heavy (non-hydrogen) atoms. The minimum atomic E-state index is 0.330. The van der Waals surface area contributed by atoms with Crippen LogP contribution in [0.5, 0.6) is 11.5 Å². The van der Waals surface area contributed by atoms with Gasteiger partial charge < -0.3 is 14.4 Å². The van der Waals surface area contributed by atoms with Crippen LogP contribution >= 0.6 is 0 Å². The summed E-state index contributed by atoms with van der Waals surface area (Å²) in [7, 11) is 3.38. The van der Waals surface area contributed by atoms with E-state index in [2.05, 4.69) is 83.5 Å². The van der Waals surface area contributed by atoms with Crippen LogP contribution in [-0.4, -0.2) is 45.3 Å². The second kappa shape index (κ2) is 9.88. The molecule has 1 aliphatic rings. The van der Waals surface area contributed by atoms with Gasteiger partial charge in [0.1, 0.15) is 0 Å². The minimum absolute atomic E-state index is 0.330. The Morgan fingerprint density at radius 2 is 1.45 bits per heavy atom. The quantitative estimate of drug-likeness (QED) is 0.534. The molecule has 0 unspecified atom stereocenters. The highest BCUT2D eigenvalue weighted by Crippen LogP contribution is 2.32. The van der Waals surface area contributed by atoms with Crippen molar-refractivity contribution in [3.8, 4) is 11.5 Å². The molecule has 4 heteroatoms. The SMILES string of the molecule is COc1ccc(C[C@@H](c2ccc(C)cc2)N2CCN(c3ccccc3)CC2)cc1OC. The van der Waals surface area contributed by atoms with E-state index >= 15 is 0 Å². The van der Waals surface area contributed by atoms with Gasteiger partial charge in [-0.3, -0.25) is 4.90 Å². The van der Waals surface area contributed by atoms with Gasteiger partial charge in [0.25, 0.3) is 0 Å². The molecule has 0 bridgehead atoms. The molecule has 0 spiro atoms. The van der Waals surface area contributed by atoms with Crippen molar-refractivity contribution in [2.24, 2.45) is 0 Å². The number of aryl methyl sites for hydroxylation is 1. The summed E-state index contributed by atoms with van der Waals surface area (Å²) in [5.41, 5.74) is 5.23. The van der Waals surface area contributed by atoms with Crippen molar-refractivity contribution in [1.82, 2.24) is 4.90 Å². The van der Waals surface area contributed by atoms with E-state index < -0.39 is 0 Å². The molecule has 1 atom stereocenters. The van der Waals surface area contributed by atoms with Crippen molar-refractivity contribution >= 4 is 5.69 Å². The number of piperazine rings is 1. The number of hydrogen-bond acceptors (Lipinski definition) is 4. The molecular weight excluding hydrogens is 384 g/mol. The molecule has 0 aromatic heterocycles. The third-order valence-electron chi connectivity index (χ3n) is 6.22. The van der Waals surface area contributed by atoms with E-state index in [0.29, 0.717) is 6.04 Å². The lowest BCUT2D eigenvalue weighted by atomic mass is 9.95. The first kappa shape index (κ1) is 21.3. The summed E-state index contributed by atoms with van der Waals surface area (Å²) < 4.78 is 11.0. The van der Waals surface area contributed by atoms with Crippen LogP contribution in [0.4, 0.5) is 5.69 Å². The van der Waals surface area contributed by atoms with E-state index in [-0.39, 0.29) is 0 Å². The molecule has 0 saturated carbocycles. The number of hydrogen-bond donors (Lipinski definition) is 0. The Morgan fingerprint density at radius 3 is 2.10 bits per heavy atom. The summed E-state index contributed by atoms with van der Waals surface area (Å²) in [5, 5.41) is 0. The number of ether oxygens (including phenoxy) is 2. The molecule has 0 N–H and O–H groups in total. The van der Waals surface area contributed by atoms with Gasteiger partial charge in [-0.15, -0.1) is 0 Å². The van der Waals surface area contributed by atoms with Gasteiger partial charge in [-0.05, 0) is 48.7 Å². The lowest BCUT2D eigenvalue weighted by Gasteiger charge is -2.40. The highest BCUT2D eigenvalue weighted by molar-refractivity contribution is 5.46. The molecule has 3 aromatic carbocycles. The Labute approximate surface area is 186 Å². The van der Waals surface area contributed by atoms with Crippen LogP contribution < -0.4 is 14.4 Å². The predicted octanol–water partition coefficient (Wildman–Crippen LogP) is 5.12. The number of benzene rings is 3. The summed E-state index contributed by atoms with van der Waals surface area (Å²) in [5.74, 6) is 1.56. The molecule has 0 radical (unpaired) electrons. The third kappa shape index (κ3) is 5.02. The van der Waals surface area contributed by atoms with Crippen LogP contribution in [0.1, 0.15) is 22.7 Å². The largest absolute Gasteiger partial charge is 0.493 e. The molecule has 1 heterocycles. The van der Waals surface area contributed by atoms with Crippen molar-refractivity contribution in [3.63, 3.8) is 0 Å².